The molecule has 0 heterocycles. The summed E-state index contributed by atoms with van der Waals surface area (Å²) in [7, 11) is -4.36. The Morgan fingerprint density at radius 1 is 0.957 bits per heavy atom. The number of hydrogen-bond acceptors (Lipinski definition) is 7. The van der Waals surface area contributed by atoms with Crippen LogP contribution >= 0.6 is 7.82 Å². The molecule has 2 unspecified atom stereocenters. The lowest BCUT2D eigenvalue weighted by molar-refractivity contribution is -0.145. The van der Waals surface area contributed by atoms with E-state index in [9.17, 15) is 19.0 Å². The van der Waals surface area contributed by atoms with E-state index in [-0.39, 0.29) is 24.4 Å². The molecular weight excluding hydrogens is 327 g/mol. The molecule has 0 aliphatic heterocycles. The van der Waals surface area contributed by atoms with E-state index in [1.165, 1.54) is 27.7 Å². The van der Waals surface area contributed by atoms with Crippen molar-refractivity contribution < 1.29 is 37.6 Å². The monoisotopic (exact) mass is 350 g/mol. The van der Waals surface area contributed by atoms with Gasteiger partial charge in [-0.15, -0.1) is 0 Å². The fraction of sp³-hybridized carbons (Fsp3) is 0.571. The van der Waals surface area contributed by atoms with Crippen LogP contribution in [0.15, 0.2) is 24.3 Å². The fourth-order valence-electron chi connectivity index (χ4n) is 1.07. The predicted molar refractivity (Wildman–Crippen MR) is 82.5 cm³/mol. The molecule has 0 fully saturated rings. The van der Waals surface area contributed by atoms with Gasteiger partial charge in [0.2, 0.25) is 0 Å². The molecule has 0 radical (unpaired) electrons. The van der Waals surface area contributed by atoms with Gasteiger partial charge in [0, 0.05) is 11.1 Å². The minimum Gasteiger partial charge on any atom is -0.457 e. The van der Waals surface area contributed by atoms with Gasteiger partial charge in [-0.05, 0) is 27.7 Å². The second kappa shape index (κ2) is 9.62. The lowest BCUT2D eigenvalue weighted by atomic mass is 10.3. The van der Waals surface area contributed by atoms with E-state index in [0.717, 1.165) is 0 Å². The summed E-state index contributed by atoms with van der Waals surface area (Å²) in [6.45, 7) is 12.1. The molecule has 9 heteroatoms. The Hall–Kier alpha value is -1.47. The maximum Gasteiger partial charge on any atom is 0.472 e. The largest absolute Gasteiger partial charge is 0.472 e. The van der Waals surface area contributed by atoms with Crippen molar-refractivity contribution in [2.45, 2.75) is 39.9 Å². The van der Waals surface area contributed by atoms with E-state index in [2.05, 4.69) is 13.2 Å². The van der Waals surface area contributed by atoms with Gasteiger partial charge in [0.1, 0.15) is 12.2 Å². The van der Waals surface area contributed by atoms with Crippen molar-refractivity contribution in [2.75, 3.05) is 13.2 Å². The predicted octanol–water partition coefficient (Wildman–Crippen LogP) is 2.14. The molecule has 2 atom stereocenters. The average molecular weight is 350 g/mol. The van der Waals surface area contributed by atoms with Crippen LogP contribution < -0.4 is 0 Å². The third-order valence-electron chi connectivity index (χ3n) is 2.26. The molecule has 0 saturated carbocycles. The summed E-state index contributed by atoms with van der Waals surface area (Å²) >= 11 is 0. The Morgan fingerprint density at radius 2 is 1.26 bits per heavy atom. The number of carbonyl (C=O) groups excluding carboxylic acids is 2. The summed E-state index contributed by atoms with van der Waals surface area (Å²) in [5, 5.41) is 0. The fourth-order valence-corrected chi connectivity index (χ4v) is 1.94. The van der Waals surface area contributed by atoms with Gasteiger partial charge < -0.3 is 14.4 Å². The molecule has 0 aliphatic rings. The van der Waals surface area contributed by atoms with Crippen LogP contribution in [0.1, 0.15) is 27.7 Å². The maximum absolute atomic E-state index is 11.7. The molecule has 8 nitrogen and oxygen atoms in total. The van der Waals surface area contributed by atoms with Crippen LogP contribution in [0.5, 0.6) is 0 Å². The van der Waals surface area contributed by atoms with E-state index >= 15 is 0 Å². The van der Waals surface area contributed by atoms with Crippen molar-refractivity contribution in [2.24, 2.45) is 0 Å². The SMILES string of the molecule is C=C(C)C(=O)OC(C)COP(=O)(O)OCC(C)OC(=O)C(=C)C. The molecule has 132 valence electrons. The molecule has 0 bridgehead atoms. The Balaban J connectivity index is 4.21. The summed E-state index contributed by atoms with van der Waals surface area (Å²) in [5.41, 5.74) is 0.405. The van der Waals surface area contributed by atoms with Gasteiger partial charge >= 0.3 is 19.8 Å². The normalized spacial score (nSPS) is 15.9. The molecule has 0 amide bonds. The standard InChI is InChI=1S/C14H23O8P/c1-9(2)13(15)21-11(5)7-19-23(17,18)20-8-12(6)22-14(16)10(3)4/h11-12H,1,3,7-8H2,2,4-6H3,(H,17,18). The first kappa shape index (κ1) is 21.5. The zero-order chi connectivity index (χ0) is 18.2. The van der Waals surface area contributed by atoms with Gasteiger partial charge in [0.15, 0.2) is 0 Å². The van der Waals surface area contributed by atoms with Crippen LogP contribution in [0.25, 0.3) is 0 Å². The zero-order valence-electron chi connectivity index (χ0n) is 13.7. The second-order valence-electron chi connectivity index (χ2n) is 5.05. The first-order valence-electron chi connectivity index (χ1n) is 6.79. The van der Waals surface area contributed by atoms with Gasteiger partial charge in [-0.25, -0.2) is 14.2 Å². The summed E-state index contributed by atoms with van der Waals surface area (Å²) < 4.78 is 30.8. The lowest BCUT2D eigenvalue weighted by Gasteiger charge is -2.18. The van der Waals surface area contributed by atoms with Crippen LogP contribution in [0.3, 0.4) is 0 Å². The number of ether oxygens (including phenoxy) is 2. The third-order valence-corrected chi connectivity index (χ3v) is 3.21. The van der Waals surface area contributed by atoms with E-state index in [0.29, 0.717) is 0 Å². The van der Waals surface area contributed by atoms with E-state index in [1.54, 1.807) is 0 Å². The average Bonchev–Trinajstić information content (AvgIpc) is 2.43. The number of carbonyl (C=O) groups is 2. The van der Waals surface area contributed by atoms with Crippen molar-refractivity contribution >= 4 is 19.8 Å². The quantitative estimate of drug-likeness (QED) is 0.363. The van der Waals surface area contributed by atoms with Crippen LogP contribution in [0.4, 0.5) is 0 Å². The van der Waals surface area contributed by atoms with Gasteiger partial charge in [-0.1, -0.05) is 13.2 Å². The Labute approximate surface area is 135 Å². The molecule has 0 saturated heterocycles. The smallest absolute Gasteiger partial charge is 0.457 e. The van der Waals surface area contributed by atoms with Crippen LogP contribution in [-0.2, 0) is 32.7 Å². The Bertz CT molecular complexity index is 471. The van der Waals surface area contributed by atoms with Crippen LogP contribution in [0, 0.1) is 0 Å². The first-order chi connectivity index (χ1) is 10.4. The molecule has 0 rings (SSSR count). The summed E-state index contributed by atoms with van der Waals surface area (Å²) in [6.07, 6.45) is -1.52. The summed E-state index contributed by atoms with van der Waals surface area (Å²) in [4.78, 5) is 32.0. The van der Waals surface area contributed by atoms with E-state index in [1.807, 2.05) is 0 Å². The highest BCUT2D eigenvalue weighted by atomic mass is 31.2. The Kier molecular flexibility index (Phi) is 9.01. The highest BCUT2D eigenvalue weighted by molar-refractivity contribution is 7.47. The van der Waals surface area contributed by atoms with Crippen LogP contribution in [-0.4, -0.2) is 42.3 Å². The van der Waals surface area contributed by atoms with Crippen molar-refractivity contribution in [1.29, 1.82) is 0 Å². The summed E-state index contributed by atoms with van der Waals surface area (Å²) in [5.74, 6) is -1.26. The van der Waals surface area contributed by atoms with Gasteiger partial charge in [-0.3, -0.25) is 9.05 Å². The number of hydrogen-bond donors (Lipinski definition) is 1. The minimum absolute atomic E-state index is 0.202. The number of phosphoric acid groups is 1. The summed E-state index contributed by atoms with van der Waals surface area (Å²) in [6, 6.07) is 0. The van der Waals surface area contributed by atoms with Crippen molar-refractivity contribution in [3.63, 3.8) is 0 Å². The van der Waals surface area contributed by atoms with Gasteiger partial charge in [-0.2, -0.15) is 0 Å². The molecule has 1 N–H and O–H groups in total. The van der Waals surface area contributed by atoms with Gasteiger partial charge in [0.05, 0.1) is 13.2 Å². The van der Waals surface area contributed by atoms with Crippen molar-refractivity contribution in [3.05, 3.63) is 24.3 Å². The Morgan fingerprint density at radius 3 is 1.52 bits per heavy atom. The number of esters is 2. The number of rotatable bonds is 10. The topological polar surface area (TPSA) is 108 Å². The highest BCUT2D eigenvalue weighted by Gasteiger charge is 2.25. The molecule has 0 aromatic rings. The van der Waals surface area contributed by atoms with E-state index in [4.69, 9.17) is 18.5 Å². The lowest BCUT2D eigenvalue weighted by Crippen LogP contribution is -2.22. The maximum atomic E-state index is 11.7. The third kappa shape index (κ3) is 10.0. The van der Waals surface area contributed by atoms with Crippen LogP contribution in [0.2, 0.25) is 0 Å². The molecule has 0 aliphatic carbocycles. The molecule has 0 spiro atoms. The molecular formula is C14H23O8P. The first-order valence-corrected chi connectivity index (χ1v) is 8.29. The second-order valence-corrected chi connectivity index (χ2v) is 6.51. The van der Waals surface area contributed by atoms with Crippen molar-refractivity contribution in [3.8, 4) is 0 Å². The van der Waals surface area contributed by atoms with Crippen molar-refractivity contribution in [1.82, 2.24) is 0 Å². The molecule has 0 aromatic carbocycles. The molecule has 23 heavy (non-hydrogen) atoms. The van der Waals surface area contributed by atoms with E-state index < -0.39 is 32.0 Å². The minimum atomic E-state index is -4.36. The number of phosphoric ester groups is 1. The zero-order valence-corrected chi connectivity index (χ0v) is 14.6. The van der Waals surface area contributed by atoms with Gasteiger partial charge in [0.25, 0.3) is 0 Å². The molecule has 0 aromatic heterocycles. The highest BCUT2D eigenvalue weighted by Crippen LogP contribution is 2.43.